The van der Waals surface area contributed by atoms with Crippen molar-refractivity contribution in [3.8, 4) is 0 Å². The zero-order chi connectivity index (χ0) is 15.6. The minimum Gasteiger partial charge on any atom is -0.321 e. The van der Waals surface area contributed by atoms with Gasteiger partial charge in [0.25, 0.3) is 5.91 Å². The Bertz CT molecular complexity index is 809. The van der Waals surface area contributed by atoms with Gasteiger partial charge in [-0.3, -0.25) is 4.79 Å². The molecule has 0 bridgehead atoms. The van der Waals surface area contributed by atoms with Gasteiger partial charge in [0.1, 0.15) is 4.60 Å². The predicted molar refractivity (Wildman–Crippen MR) is 84.5 cm³/mol. The molecule has 21 heavy (non-hydrogen) atoms. The predicted octanol–water partition coefficient (Wildman–Crippen LogP) is 3.15. The molecule has 0 fully saturated rings. The van der Waals surface area contributed by atoms with Gasteiger partial charge in [-0.05, 0) is 46.3 Å². The van der Waals surface area contributed by atoms with Crippen molar-refractivity contribution in [3.63, 3.8) is 0 Å². The molecule has 0 radical (unpaired) electrons. The topological polar surface area (TPSA) is 76.1 Å². The fourth-order valence-electron chi connectivity index (χ4n) is 1.57. The average Bonchev–Trinajstić information content (AvgIpc) is 2.40. The highest BCUT2D eigenvalue weighted by atomic mass is 79.9. The number of carbonyl (C=O) groups excluding carboxylic acids is 1. The van der Waals surface area contributed by atoms with E-state index in [4.69, 9.17) is 11.6 Å². The van der Waals surface area contributed by atoms with E-state index in [1.807, 2.05) is 0 Å². The second-order valence-corrected chi connectivity index (χ2v) is 7.47. The number of amides is 1. The monoisotopic (exact) mass is 388 g/mol. The van der Waals surface area contributed by atoms with Crippen LogP contribution < -0.4 is 5.32 Å². The van der Waals surface area contributed by atoms with Gasteiger partial charge in [0.2, 0.25) is 0 Å². The summed E-state index contributed by atoms with van der Waals surface area (Å²) in [6.45, 7) is 0. The summed E-state index contributed by atoms with van der Waals surface area (Å²) in [6, 6.07) is 7.22. The first-order chi connectivity index (χ1) is 9.77. The van der Waals surface area contributed by atoms with Crippen molar-refractivity contribution in [2.45, 2.75) is 4.90 Å². The molecule has 5 nitrogen and oxygen atoms in total. The van der Waals surface area contributed by atoms with Crippen molar-refractivity contribution in [1.29, 1.82) is 0 Å². The fraction of sp³-hybridized carbons (Fsp3) is 0.0769. The number of rotatable bonds is 3. The maximum absolute atomic E-state index is 12.1. The molecule has 1 amide bonds. The van der Waals surface area contributed by atoms with Crippen LogP contribution >= 0.6 is 27.5 Å². The maximum atomic E-state index is 12.1. The van der Waals surface area contributed by atoms with Gasteiger partial charge in [-0.2, -0.15) is 0 Å². The molecule has 1 aromatic heterocycles. The summed E-state index contributed by atoms with van der Waals surface area (Å²) >= 11 is 9.15. The lowest BCUT2D eigenvalue weighted by molar-refractivity contribution is 0.102. The SMILES string of the molecule is CS(=O)(=O)c1ccc(Cl)c(NC(=O)c2ccnc(Br)c2)c1. The van der Waals surface area contributed by atoms with Gasteiger partial charge < -0.3 is 5.32 Å². The molecule has 0 aliphatic carbocycles. The highest BCUT2D eigenvalue weighted by Crippen LogP contribution is 2.26. The molecule has 0 saturated heterocycles. The van der Waals surface area contributed by atoms with Crippen molar-refractivity contribution >= 4 is 49.0 Å². The van der Waals surface area contributed by atoms with Gasteiger partial charge >= 0.3 is 0 Å². The van der Waals surface area contributed by atoms with Crippen molar-refractivity contribution in [2.24, 2.45) is 0 Å². The van der Waals surface area contributed by atoms with Gasteiger partial charge in [-0.15, -0.1) is 0 Å². The first kappa shape index (κ1) is 15.9. The number of carbonyl (C=O) groups is 1. The number of hydrogen-bond donors (Lipinski definition) is 1. The number of nitrogens with one attached hydrogen (secondary N) is 1. The van der Waals surface area contributed by atoms with E-state index in [0.29, 0.717) is 10.2 Å². The highest BCUT2D eigenvalue weighted by molar-refractivity contribution is 9.10. The van der Waals surface area contributed by atoms with Gasteiger partial charge in [0.15, 0.2) is 9.84 Å². The molecule has 0 aliphatic heterocycles. The third kappa shape index (κ3) is 4.03. The fourth-order valence-corrected chi connectivity index (χ4v) is 2.75. The molecule has 2 rings (SSSR count). The molecule has 8 heteroatoms. The molecule has 2 aromatic rings. The van der Waals surface area contributed by atoms with Gasteiger partial charge in [-0.1, -0.05) is 11.6 Å². The number of sulfone groups is 1. The largest absolute Gasteiger partial charge is 0.321 e. The minimum atomic E-state index is -3.38. The van der Waals surface area contributed by atoms with Crippen LogP contribution in [0.3, 0.4) is 0 Å². The number of nitrogens with zero attached hydrogens (tertiary/aromatic N) is 1. The van der Waals surface area contributed by atoms with Crippen LogP contribution in [0.1, 0.15) is 10.4 Å². The molecule has 0 aliphatic rings. The van der Waals surface area contributed by atoms with E-state index in [1.54, 1.807) is 6.07 Å². The lowest BCUT2D eigenvalue weighted by Crippen LogP contribution is -2.13. The Kier molecular flexibility index (Phi) is 4.65. The number of benzene rings is 1. The Morgan fingerprint density at radius 3 is 2.62 bits per heavy atom. The molecular weight excluding hydrogens is 380 g/mol. The van der Waals surface area contributed by atoms with Crippen LogP contribution in [0, 0.1) is 0 Å². The minimum absolute atomic E-state index is 0.0816. The molecule has 1 heterocycles. The van der Waals surface area contributed by atoms with Gasteiger partial charge in [0.05, 0.1) is 15.6 Å². The van der Waals surface area contributed by atoms with E-state index in [9.17, 15) is 13.2 Å². The summed E-state index contributed by atoms with van der Waals surface area (Å²) in [6.07, 6.45) is 2.56. The maximum Gasteiger partial charge on any atom is 0.255 e. The van der Waals surface area contributed by atoms with Crippen molar-refractivity contribution < 1.29 is 13.2 Å². The van der Waals surface area contributed by atoms with Gasteiger partial charge in [0, 0.05) is 18.0 Å². The zero-order valence-corrected chi connectivity index (χ0v) is 14.0. The van der Waals surface area contributed by atoms with E-state index >= 15 is 0 Å². The second-order valence-electron chi connectivity index (χ2n) is 4.24. The van der Waals surface area contributed by atoms with Crippen molar-refractivity contribution in [3.05, 3.63) is 51.7 Å². The summed E-state index contributed by atoms with van der Waals surface area (Å²) in [5, 5.41) is 2.84. The molecule has 1 N–H and O–H groups in total. The lowest BCUT2D eigenvalue weighted by atomic mass is 10.2. The molecule has 1 aromatic carbocycles. The van der Waals surface area contributed by atoms with E-state index in [2.05, 4.69) is 26.2 Å². The molecule has 0 unspecified atom stereocenters. The third-order valence-electron chi connectivity index (χ3n) is 2.60. The quantitative estimate of drug-likeness (QED) is 0.818. The Morgan fingerprint density at radius 1 is 1.29 bits per heavy atom. The standard InChI is InChI=1S/C13H10BrClN2O3S/c1-21(19,20)9-2-3-10(15)11(7-9)17-13(18)8-4-5-16-12(14)6-8/h2-7H,1H3,(H,17,18). The Morgan fingerprint density at radius 2 is 2.00 bits per heavy atom. The molecular formula is C13H10BrClN2O3S. The summed E-state index contributed by atoms with van der Waals surface area (Å²) in [5.41, 5.74) is 0.607. The highest BCUT2D eigenvalue weighted by Gasteiger charge is 2.13. The molecule has 0 spiro atoms. The van der Waals surface area contributed by atoms with E-state index in [1.165, 1.54) is 30.5 Å². The Hall–Kier alpha value is -1.44. The number of anilines is 1. The van der Waals surface area contributed by atoms with Crippen LogP contribution in [-0.4, -0.2) is 25.6 Å². The van der Waals surface area contributed by atoms with Crippen LogP contribution in [0.4, 0.5) is 5.69 Å². The normalized spacial score (nSPS) is 11.2. The van der Waals surface area contributed by atoms with Crippen molar-refractivity contribution in [1.82, 2.24) is 4.98 Å². The van der Waals surface area contributed by atoms with Gasteiger partial charge in [-0.25, -0.2) is 13.4 Å². The summed E-state index contributed by atoms with van der Waals surface area (Å²) in [7, 11) is -3.38. The third-order valence-corrected chi connectivity index (χ3v) is 4.48. The zero-order valence-electron chi connectivity index (χ0n) is 10.8. The molecule has 110 valence electrons. The summed E-state index contributed by atoms with van der Waals surface area (Å²) in [5.74, 6) is -0.411. The van der Waals surface area contributed by atoms with E-state index in [0.717, 1.165) is 6.26 Å². The number of halogens is 2. The Balaban J connectivity index is 2.33. The number of hydrogen-bond acceptors (Lipinski definition) is 4. The van der Waals surface area contributed by atoms with Crippen LogP contribution in [-0.2, 0) is 9.84 Å². The van der Waals surface area contributed by atoms with Crippen LogP contribution in [0.15, 0.2) is 46.0 Å². The van der Waals surface area contributed by atoms with E-state index < -0.39 is 15.7 Å². The number of aromatic nitrogens is 1. The summed E-state index contributed by atoms with van der Waals surface area (Å²) < 4.78 is 23.6. The first-order valence-electron chi connectivity index (χ1n) is 5.70. The smallest absolute Gasteiger partial charge is 0.255 e. The molecule has 0 saturated carbocycles. The first-order valence-corrected chi connectivity index (χ1v) is 8.76. The average molecular weight is 390 g/mol. The second kappa shape index (κ2) is 6.13. The van der Waals surface area contributed by atoms with Crippen LogP contribution in [0.5, 0.6) is 0 Å². The van der Waals surface area contributed by atoms with Crippen LogP contribution in [0.25, 0.3) is 0 Å². The van der Waals surface area contributed by atoms with Crippen molar-refractivity contribution in [2.75, 3.05) is 11.6 Å². The van der Waals surface area contributed by atoms with Crippen LogP contribution in [0.2, 0.25) is 5.02 Å². The van der Waals surface area contributed by atoms with E-state index in [-0.39, 0.29) is 15.6 Å². The number of pyridine rings is 1. The Labute approximate surface area is 135 Å². The summed E-state index contributed by atoms with van der Waals surface area (Å²) in [4.78, 5) is 16.1. The lowest BCUT2D eigenvalue weighted by Gasteiger charge is -2.09. The molecule has 0 atom stereocenters.